The molecule has 1 atom stereocenters. The zero-order valence-electron chi connectivity index (χ0n) is 16.9. The van der Waals surface area contributed by atoms with Crippen LogP contribution in [-0.2, 0) is 10.0 Å². The molecular weight excluding hydrogens is 362 g/mol. The van der Waals surface area contributed by atoms with E-state index in [-0.39, 0.29) is 22.4 Å². The highest BCUT2D eigenvalue weighted by atomic mass is 32.2. The summed E-state index contributed by atoms with van der Waals surface area (Å²) in [7, 11) is -3.55. The highest BCUT2D eigenvalue weighted by molar-refractivity contribution is 7.89. The second kappa shape index (κ2) is 9.17. The number of carbonyl (C=O) groups excluding carboxylic acids is 1. The van der Waals surface area contributed by atoms with Gasteiger partial charge in [-0.25, -0.2) is 13.1 Å². The van der Waals surface area contributed by atoms with Gasteiger partial charge in [-0.05, 0) is 77.4 Å². The molecule has 1 amide bonds. The maximum absolute atomic E-state index is 12.5. The number of benzene rings is 1. The Morgan fingerprint density at radius 3 is 2.30 bits per heavy atom. The van der Waals surface area contributed by atoms with Crippen LogP contribution in [0.15, 0.2) is 29.2 Å². The van der Waals surface area contributed by atoms with Gasteiger partial charge in [0.1, 0.15) is 0 Å². The minimum Gasteiger partial charge on any atom is -0.350 e. The van der Waals surface area contributed by atoms with Crippen LogP contribution in [0.5, 0.6) is 0 Å². The number of piperidine rings is 1. The van der Waals surface area contributed by atoms with E-state index in [9.17, 15) is 13.2 Å². The molecular formula is C20H33N3O3S. The Balaban J connectivity index is 1.97. The highest BCUT2D eigenvalue weighted by Gasteiger charge is 2.28. The lowest BCUT2D eigenvalue weighted by molar-refractivity contribution is 0.0797. The van der Waals surface area contributed by atoms with Gasteiger partial charge in [0.25, 0.3) is 5.91 Å². The maximum atomic E-state index is 12.5. The van der Waals surface area contributed by atoms with Crippen molar-refractivity contribution in [1.29, 1.82) is 0 Å². The molecule has 1 unspecified atom stereocenters. The fourth-order valence-corrected chi connectivity index (χ4v) is 4.54. The normalized spacial score (nSPS) is 17.5. The molecule has 1 aromatic rings. The van der Waals surface area contributed by atoms with Crippen LogP contribution in [-0.4, -0.2) is 50.4 Å². The smallest absolute Gasteiger partial charge is 0.251 e. The van der Waals surface area contributed by atoms with Crippen molar-refractivity contribution < 1.29 is 13.2 Å². The molecule has 1 saturated heterocycles. The van der Waals surface area contributed by atoms with Gasteiger partial charge < -0.3 is 5.32 Å². The maximum Gasteiger partial charge on any atom is 0.251 e. The van der Waals surface area contributed by atoms with Crippen LogP contribution in [0.25, 0.3) is 0 Å². The molecule has 2 N–H and O–H groups in total. The summed E-state index contributed by atoms with van der Waals surface area (Å²) in [5, 5.41) is 2.99. The van der Waals surface area contributed by atoms with E-state index in [2.05, 4.69) is 28.8 Å². The van der Waals surface area contributed by atoms with Gasteiger partial charge in [-0.1, -0.05) is 13.3 Å². The van der Waals surface area contributed by atoms with Crippen LogP contribution in [0, 0.1) is 0 Å². The molecule has 0 aromatic heterocycles. The fraction of sp³-hybridized carbons (Fsp3) is 0.650. The summed E-state index contributed by atoms with van der Waals surface area (Å²) < 4.78 is 27.2. The Labute approximate surface area is 163 Å². The zero-order chi connectivity index (χ0) is 20.1. The van der Waals surface area contributed by atoms with Crippen molar-refractivity contribution >= 4 is 15.9 Å². The van der Waals surface area contributed by atoms with Gasteiger partial charge in [-0.2, -0.15) is 0 Å². The van der Waals surface area contributed by atoms with Crippen LogP contribution >= 0.6 is 0 Å². The number of likely N-dealkylation sites (tertiary alicyclic amines) is 1. The molecule has 0 spiro atoms. The first-order valence-electron chi connectivity index (χ1n) is 9.81. The lowest BCUT2D eigenvalue weighted by atomic mass is 9.98. The molecule has 0 saturated carbocycles. The molecule has 1 aliphatic heterocycles. The van der Waals surface area contributed by atoms with E-state index in [0.29, 0.717) is 18.5 Å². The van der Waals surface area contributed by atoms with E-state index in [1.54, 1.807) is 12.1 Å². The Bertz CT molecular complexity index is 723. The van der Waals surface area contributed by atoms with Gasteiger partial charge in [0.15, 0.2) is 0 Å². The Hall–Kier alpha value is -1.44. The molecule has 6 nitrogen and oxygen atoms in total. The second-order valence-electron chi connectivity index (χ2n) is 8.00. The standard InChI is InChI=1S/C20H33N3O3S/c1-5-16(2)22-27(25,26)18-11-9-17(10-12-18)19(24)21-15-20(3,4)23-13-7-6-8-14-23/h9-12,16,22H,5-8,13-15H2,1-4H3,(H,21,24). The zero-order valence-corrected chi connectivity index (χ0v) is 17.7. The predicted octanol–water partition coefficient (Wildman–Crippen LogP) is 2.76. The summed E-state index contributed by atoms with van der Waals surface area (Å²) in [6, 6.07) is 5.96. The lowest BCUT2D eigenvalue weighted by Gasteiger charge is -2.41. The van der Waals surface area contributed by atoms with E-state index in [0.717, 1.165) is 13.1 Å². The third kappa shape index (κ3) is 6.02. The van der Waals surface area contributed by atoms with Gasteiger partial charge in [0, 0.05) is 23.7 Å². The van der Waals surface area contributed by atoms with Gasteiger partial charge in [-0.3, -0.25) is 9.69 Å². The van der Waals surface area contributed by atoms with Crippen molar-refractivity contribution in [3.63, 3.8) is 0 Å². The molecule has 1 fully saturated rings. The van der Waals surface area contributed by atoms with Gasteiger partial charge in [0.05, 0.1) is 4.90 Å². The molecule has 1 heterocycles. The van der Waals surface area contributed by atoms with Crippen molar-refractivity contribution in [3.05, 3.63) is 29.8 Å². The van der Waals surface area contributed by atoms with Gasteiger partial charge in [-0.15, -0.1) is 0 Å². The first-order valence-corrected chi connectivity index (χ1v) is 11.3. The van der Waals surface area contributed by atoms with Crippen molar-refractivity contribution in [1.82, 2.24) is 14.9 Å². The molecule has 0 aliphatic carbocycles. The second-order valence-corrected chi connectivity index (χ2v) is 9.71. The van der Waals surface area contributed by atoms with Gasteiger partial charge >= 0.3 is 0 Å². The number of carbonyl (C=O) groups is 1. The number of hydrogen-bond acceptors (Lipinski definition) is 4. The average molecular weight is 396 g/mol. The van der Waals surface area contributed by atoms with Crippen LogP contribution in [0.3, 0.4) is 0 Å². The van der Waals surface area contributed by atoms with Crippen molar-refractivity contribution in [3.8, 4) is 0 Å². The SMILES string of the molecule is CCC(C)NS(=O)(=O)c1ccc(C(=O)NCC(C)(C)N2CCCCC2)cc1. The first-order chi connectivity index (χ1) is 12.7. The lowest BCUT2D eigenvalue weighted by Crippen LogP contribution is -2.53. The number of nitrogens with zero attached hydrogens (tertiary/aromatic N) is 1. The first kappa shape index (κ1) is 21.9. The van der Waals surface area contributed by atoms with Crippen molar-refractivity contribution in [2.75, 3.05) is 19.6 Å². The molecule has 7 heteroatoms. The number of amides is 1. The van der Waals surface area contributed by atoms with E-state index in [4.69, 9.17) is 0 Å². The number of hydrogen-bond donors (Lipinski definition) is 2. The summed E-state index contributed by atoms with van der Waals surface area (Å²) >= 11 is 0. The number of rotatable bonds is 8. The number of nitrogens with one attached hydrogen (secondary N) is 2. The van der Waals surface area contributed by atoms with Crippen LogP contribution < -0.4 is 10.0 Å². The molecule has 27 heavy (non-hydrogen) atoms. The van der Waals surface area contributed by atoms with E-state index >= 15 is 0 Å². The van der Waals surface area contributed by atoms with Crippen LogP contribution in [0.2, 0.25) is 0 Å². The number of sulfonamides is 1. The fourth-order valence-electron chi connectivity index (χ4n) is 3.21. The summed E-state index contributed by atoms with van der Waals surface area (Å²) in [6.45, 7) is 10.7. The van der Waals surface area contributed by atoms with Crippen LogP contribution in [0.1, 0.15) is 63.7 Å². The summed E-state index contributed by atoms with van der Waals surface area (Å²) in [5.41, 5.74) is 0.367. The summed E-state index contributed by atoms with van der Waals surface area (Å²) in [5.74, 6) is -0.182. The molecule has 0 radical (unpaired) electrons. The molecule has 1 aromatic carbocycles. The van der Waals surface area contributed by atoms with Crippen LogP contribution in [0.4, 0.5) is 0 Å². The highest BCUT2D eigenvalue weighted by Crippen LogP contribution is 2.20. The quantitative estimate of drug-likeness (QED) is 0.709. The third-order valence-corrected chi connectivity index (χ3v) is 6.89. The predicted molar refractivity (Wildman–Crippen MR) is 108 cm³/mol. The van der Waals surface area contributed by atoms with E-state index in [1.165, 1.54) is 31.4 Å². The summed E-state index contributed by atoms with van der Waals surface area (Å²) in [6.07, 6.45) is 4.41. The Kier molecular flexibility index (Phi) is 7.42. The third-order valence-electron chi connectivity index (χ3n) is 5.29. The molecule has 2 rings (SSSR count). The Morgan fingerprint density at radius 1 is 1.15 bits per heavy atom. The minimum atomic E-state index is -3.55. The monoisotopic (exact) mass is 395 g/mol. The molecule has 152 valence electrons. The molecule has 1 aliphatic rings. The topological polar surface area (TPSA) is 78.5 Å². The average Bonchev–Trinajstić information content (AvgIpc) is 2.66. The molecule has 0 bridgehead atoms. The van der Waals surface area contributed by atoms with Crippen molar-refractivity contribution in [2.45, 2.75) is 69.9 Å². The van der Waals surface area contributed by atoms with Gasteiger partial charge in [0.2, 0.25) is 10.0 Å². The largest absolute Gasteiger partial charge is 0.350 e. The van der Waals surface area contributed by atoms with E-state index in [1.807, 2.05) is 13.8 Å². The van der Waals surface area contributed by atoms with Crippen molar-refractivity contribution in [2.24, 2.45) is 0 Å². The summed E-state index contributed by atoms with van der Waals surface area (Å²) in [4.78, 5) is 15.1. The van der Waals surface area contributed by atoms with E-state index < -0.39 is 10.0 Å². The minimum absolute atomic E-state index is 0.0976. The Morgan fingerprint density at radius 2 is 1.74 bits per heavy atom.